The maximum absolute atomic E-state index is 13.2. The van der Waals surface area contributed by atoms with Gasteiger partial charge in [0, 0.05) is 17.7 Å². The van der Waals surface area contributed by atoms with Gasteiger partial charge in [0.1, 0.15) is 11.3 Å². The first-order valence-corrected chi connectivity index (χ1v) is 11.2. The maximum Gasteiger partial charge on any atom is 0.344 e. The average Bonchev–Trinajstić information content (AvgIpc) is 3.45. The highest BCUT2D eigenvalue weighted by molar-refractivity contribution is 7.92. The van der Waals surface area contributed by atoms with Crippen LogP contribution >= 0.6 is 11.6 Å². The smallest absolute Gasteiger partial charge is 0.344 e. The Morgan fingerprint density at radius 2 is 1.93 bits per heavy atom. The van der Waals surface area contributed by atoms with Gasteiger partial charge in [-0.1, -0.05) is 11.6 Å². The van der Waals surface area contributed by atoms with Crippen LogP contribution in [0.5, 0.6) is 5.75 Å². The number of aromatic hydroxyl groups is 1. The molecule has 154 valence electrons. The Balaban J connectivity index is 2.09. The van der Waals surface area contributed by atoms with Gasteiger partial charge in [0.15, 0.2) is 9.84 Å². The molecule has 1 aromatic heterocycles. The standard InChI is InChI=1S/C20H20ClNO6S/c1-9(2)28-20(25)14-6-12-10(3)29(26,27)17-8-16(23)15(21)7-13(17)18(12)22(19(14)24)11-4-5-11/h6-11,23H,4-5H2,1-3H3. The van der Waals surface area contributed by atoms with E-state index >= 15 is 0 Å². The van der Waals surface area contributed by atoms with E-state index in [4.69, 9.17) is 16.3 Å². The van der Waals surface area contributed by atoms with Crippen molar-refractivity contribution in [3.8, 4) is 17.0 Å². The number of hydrogen-bond donors (Lipinski definition) is 1. The van der Waals surface area contributed by atoms with Crippen LogP contribution in [0.15, 0.2) is 27.9 Å². The van der Waals surface area contributed by atoms with Crippen molar-refractivity contribution in [1.82, 2.24) is 4.57 Å². The fourth-order valence-corrected chi connectivity index (χ4v) is 5.47. The number of esters is 1. The topological polar surface area (TPSA) is 103 Å². The molecule has 4 rings (SSSR count). The SMILES string of the molecule is CC(C)OC(=O)c1cc2c(n(C3CC3)c1=O)-c1cc(Cl)c(O)cc1S(=O)(=O)C2C. The minimum atomic E-state index is -3.86. The zero-order valence-electron chi connectivity index (χ0n) is 16.1. The van der Waals surface area contributed by atoms with Gasteiger partial charge in [-0.25, -0.2) is 13.2 Å². The highest BCUT2D eigenvalue weighted by Gasteiger charge is 2.41. The number of nitrogens with zero attached hydrogens (tertiary/aromatic N) is 1. The molecule has 2 heterocycles. The zero-order valence-corrected chi connectivity index (χ0v) is 17.7. The third kappa shape index (κ3) is 3.05. The number of pyridine rings is 1. The molecule has 0 bridgehead atoms. The number of rotatable bonds is 3. The molecule has 0 radical (unpaired) electrons. The van der Waals surface area contributed by atoms with Crippen molar-refractivity contribution in [2.24, 2.45) is 0 Å². The van der Waals surface area contributed by atoms with Crippen LogP contribution in [0.4, 0.5) is 0 Å². The van der Waals surface area contributed by atoms with Crippen LogP contribution in [0.3, 0.4) is 0 Å². The van der Waals surface area contributed by atoms with Crippen molar-refractivity contribution in [3.05, 3.63) is 44.7 Å². The molecule has 1 saturated carbocycles. The molecule has 2 aromatic rings. The summed E-state index contributed by atoms with van der Waals surface area (Å²) in [5.41, 5.74) is 0.339. The van der Waals surface area contributed by atoms with E-state index in [0.29, 0.717) is 11.3 Å². The Labute approximate surface area is 172 Å². The molecule has 1 aliphatic carbocycles. The van der Waals surface area contributed by atoms with E-state index < -0.39 is 32.7 Å². The number of ether oxygens (including phenoxy) is 1. The number of benzene rings is 1. The second-order valence-electron chi connectivity index (χ2n) is 7.71. The molecule has 2 aliphatic rings. The van der Waals surface area contributed by atoms with Crippen LogP contribution in [0.2, 0.25) is 5.02 Å². The molecule has 9 heteroatoms. The Bertz CT molecular complexity index is 1210. The van der Waals surface area contributed by atoms with E-state index in [0.717, 1.165) is 18.9 Å². The quantitative estimate of drug-likeness (QED) is 0.735. The van der Waals surface area contributed by atoms with Gasteiger partial charge in [-0.2, -0.15) is 0 Å². The molecule has 1 aliphatic heterocycles. The number of carbonyl (C=O) groups excluding carboxylic acids is 1. The molecule has 1 aromatic carbocycles. The van der Waals surface area contributed by atoms with Gasteiger partial charge in [-0.3, -0.25) is 4.79 Å². The van der Waals surface area contributed by atoms with Gasteiger partial charge < -0.3 is 14.4 Å². The summed E-state index contributed by atoms with van der Waals surface area (Å²) in [7, 11) is -3.86. The van der Waals surface area contributed by atoms with Crippen LogP contribution in [-0.2, 0) is 14.6 Å². The Kier molecular flexibility index (Phi) is 4.55. The highest BCUT2D eigenvalue weighted by Crippen LogP contribution is 2.49. The zero-order chi connectivity index (χ0) is 21.2. The second kappa shape index (κ2) is 6.60. The molecule has 1 unspecified atom stereocenters. The number of hydrogen-bond acceptors (Lipinski definition) is 6. The number of aromatic nitrogens is 1. The number of fused-ring (bicyclic) bond motifs is 3. The van der Waals surface area contributed by atoms with E-state index in [1.807, 2.05) is 0 Å². The van der Waals surface area contributed by atoms with Gasteiger partial charge in [0.2, 0.25) is 0 Å². The summed E-state index contributed by atoms with van der Waals surface area (Å²) >= 11 is 6.06. The van der Waals surface area contributed by atoms with Crippen molar-refractivity contribution in [3.63, 3.8) is 0 Å². The third-order valence-corrected chi connectivity index (χ3v) is 7.69. The fraction of sp³-hybridized carbons (Fsp3) is 0.400. The van der Waals surface area contributed by atoms with Gasteiger partial charge in [0.05, 0.1) is 27.0 Å². The molecule has 7 nitrogen and oxygen atoms in total. The summed E-state index contributed by atoms with van der Waals surface area (Å²) in [6.45, 7) is 4.85. The van der Waals surface area contributed by atoms with Gasteiger partial charge in [-0.15, -0.1) is 0 Å². The monoisotopic (exact) mass is 437 g/mol. The fourth-order valence-electron chi connectivity index (χ4n) is 3.68. The summed E-state index contributed by atoms with van der Waals surface area (Å²) in [6, 6.07) is 3.68. The third-order valence-electron chi connectivity index (χ3n) is 5.25. The van der Waals surface area contributed by atoms with E-state index in [-0.39, 0.29) is 32.8 Å². The maximum atomic E-state index is 13.2. The van der Waals surface area contributed by atoms with Crippen molar-refractivity contribution in [2.75, 3.05) is 0 Å². The molecule has 0 saturated heterocycles. The second-order valence-corrected chi connectivity index (χ2v) is 10.4. The minimum Gasteiger partial charge on any atom is -0.506 e. The van der Waals surface area contributed by atoms with Crippen LogP contribution in [0.25, 0.3) is 11.3 Å². The van der Waals surface area contributed by atoms with E-state index in [1.165, 1.54) is 23.6 Å². The van der Waals surface area contributed by atoms with Crippen molar-refractivity contribution >= 4 is 27.4 Å². The summed E-state index contributed by atoms with van der Waals surface area (Å²) in [5.74, 6) is -1.12. The number of carbonyl (C=O) groups is 1. The summed E-state index contributed by atoms with van der Waals surface area (Å²) in [4.78, 5) is 25.7. The Morgan fingerprint density at radius 1 is 1.28 bits per heavy atom. The molecule has 1 N–H and O–H groups in total. The van der Waals surface area contributed by atoms with Crippen LogP contribution < -0.4 is 5.56 Å². The lowest BCUT2D eigenvalue weighted by atomic mass is 9.99. The number of phenolic OH excluding ortho intramolecular Hbond substituents is 1. The van der Waals surface area contributed by atoms with Gasteiger partial charge in [0.25, 0.3) is 5.56 Å². The predicted molar refractivity (Wildman–Crippen MR) is 107 cm³/mol. The molecule has 1 atom stereocenters. The van der Waals surface area contributed by atoms with E-state index in [1.54, 1.807) is 13.8 Å². The average molecular weight is 438 g/mol. The number of phenols is 1. The largest absolute Gasteiger partial charge is 0.506 e. The first kappa shape index (κ1) is 20.0. The summed E-state index contributed by atoms with van der Waals surface area (Å²) in [6.07, 6.45) is 1.07. The summed E-state index contributed by atoms with van der Waals surface area (Å²) < 4.78 is 32.9. The lowest BCUT2D eigenvalue weighted by Gasteiger charge is -2.29. The molecule has 1 fully saturated rings. The first-order valence-electron chi connectivity index (χ1n) is 9.31. The van der Waals surface area contributed by atoms with Crippen molar-refractivity contribution in [1.29, 1.82) is 0 Å². The molecule has 0 amide bonds. The van der Waals surface area contributed by atoms with Crippen molar-refractivity contribution < 1.29 is 23.1 Å². The first-order chi connectivity index (χ1) is 13.5. The predicted octanol–water partition coefficient (Wildman–Crippen LogP) is 3.62. The van der Waals surface area contributed by atoms with Gasteiger partial charge in [-0.05, 0) is 51.3 Å². The van der Waals surface area contributed by atoms with Crippen LogP contribution in [0.1, 0.15) is 60.8 Å². The van der Waals surface area contributed by atoms with Crippen LogP contribution in [-0.4, -0.2) is 30.2 Å². The van der Waals surface area contributed by atoms with E-state index in [2.05, 4.69) is 0 Å². The number of halogens is 1. The minimum absolute atomic E-state index is 0.0162. The van der Waals surface area contributed by atoms with Crippen molar-refractivity contribution in [2.45, 2.75) is 55.9 Å². The highest BCUT2D eigenvalue weighted by atomic mass is 35.5. The van der Waals surface area contributed by atoms with Crippen LogP contribution in [0, 0.1) is 0 Å². The Hall–Kier alpha value is -2.32. The molecular formula is C20H20ClNO6S. The summed E-state index contributed by atoms with van der Waals surface area (Å²) in [5, 5.41) is 8.93. The van der Waals surface area contributed by atoms with E-state index in [9.17, 15) is 23.1 Å². The lowest BCUT2D eigenvalue weighted by molar-refractivity contribution is 0.0375. The molecule has 29 heavy (non-hydrogen) atoms. The van der Waals surface area contributed by atoms with Gasteiger partial charge >= 0.3 is 5.97 Å². The Morgan fingerprint density at radius 3 is 2.52 bits per heavy atom. The lowest BCUT2D eigenvalue weighted by Crippen LogP contribution is -2.33. The molecular weight excluding hydrogens is 418 g/mol. The normalized spacial score (nSPS) is 19.6. The molecule has 0 spiro atoms. The number of sulfone groups is 1.